The molecule has 0 saturated carbocycles. The van der Waals surface area contributed by atoms with E-state index in [4.69, 9.17) is 22.6 Å². The average Bonchev–Trinajstić information content (AvgIpc) is 3.04. The van der Waals surface area contributed by atoms with E-state index in [9.17, 15) is 0 Å². The number of aromatic nitrogens is 1. The second-order valence-corrected chi connectivity index (χ2v) is 5.67. The lowest BCUT2D eigenvalue weighted by Gasteiger charge is -2.04. The molecule has 0 bridgehead atoms. The van der Waals surface area contributed by atoms with Crippen molar-refractivity contribution < 1.29 is 4.42 Å². The fourth-order valence-corrected chi connectivity index (χ4v) is 3.04. The van der Waals surface area contributed by atoms with Crippen molar-refractivity contribution in [1.29, 1.82) is 0 Å². The first-order valence-electron chi connectivity index (χ1n) is 7.39. The van der Waals surface area contributed by atoms with Gasteiger partial charge in [0, 0.05) is 17.3 Å². The standard InChI is InChI=1S/C20H11ClN2O/c1-22-15-12-23-20-17(18(15)21)16(13-8-4-2-5-9-13)19(24-20)14-10-6-3-7-11-14/h2-12H. The van der Waals surface area contributed by atoms with Crippen LogP contribution < -0.4 is 0 Å². The van der Waals surface area contributed by atoms with Gasteiger partial charge >= 0.3 is 0 Å². The van der Waals surface area contributed by atoms with E-state index in [1.807, 2.05) is 60.7 Å². The SMILES string of the molecule is [C-]#[N+]c1cnc2oc(-c3ccccc3)c(-c3ccccc3)c2c1Cl. The maximum absolute atomic E-state index is 7.28. The van der Waals surface area contributed by atoms with Crippen LogP contribution in [-0.4, -0.2) is 4.98 Å². The van der Waals surface area contributed by atoms with E-state index in [2.05, 4.69) is 9.83 Å². The Morgan fingerprint density at radius 3 is 2.17 bits per heavy atom. The second-order valence-electron chi connectivity index (χ2n) is 5.29. The summed E-state index contributed by atoms with van der Waals surface area (Å²) < 4.78 is 6.02. The highest BCUT2D eigenvalue weighted by molar-refractivity contribution is 6.39. The molecule has 4 heteroatoms. The lowest BCUT2D eigenvalue weighted by molar-refractivity contribution is 0.619. The van der Waals surface area contributed by atoms with Crippen LogP contribution in [-0.2, 0) is 0 Å². The number of nitrogens with zero attached hydrogens (tertiary/aromatic N) is 2. The number of rotatable bonds is 2. The molecule has 0 unspecified atom stereocenters. The maximum atomic E-state index is 7.28. The molecule has 0 aliphatic heterocycles. The Hall–Kier alpha value is -3.09. The number of hydrogen-bond donors (Lipinski definition) is 0. The van der Waals surface area contributed by atoms with E-state index in [0.717, 1.165) is 16.7 Å². The van der Waals surface area contributed by atoms with Gasteiger partial charge in [-0.25, -0.2) is 9.83 Å². The molecular formula is C20H11ClN2O. The molecule has 0 spiro atoms. The van der Waals surface area contributed by atoms with Gasteiger partial charge in [0.1, 0.15) is 5.76 Å². The zero-order chi connectivity index (χ0) is 16.5. The fraction of sp³-hybridized carbons (Fsp3) is 0. The summed E-state index contributed by atoms with van der Waals surface area (Å²) in [6, 6.07) is 19.7. The Labute approximate surface area is 144 Å². The number of pyridine rings is 1. The molecular weight excluding hydrogens is 320 g/mol. The van der Waals surface area contributed by atoms with Crippen LogP contribution in [0.2, 0.25) is 5.02 Å². The van der Waals surface area contributed by atoms with Gasteiger partial charge in [-0.1, -0.05) is 72.3 Å². The molecule has 0 radical (unpaired) electrons. The monoisotopic (exact) mass is 330 g/mol. The van der Waals surface area contributed by atoms with Crippen molar-refractivity contribution in [3.63, 3.8) is 0 Å². The molecule has 3 nitrogen and oxygen atoms in total. The Morgan fingerprint density at radius 2 is 1.54 bits per heavy atom. The van der Waals surface area contributed by atoms with Gasteiger partial charge in [0.05, 0.1) is 17.0 Å². The van der Waals surface area contributed by atoms with Crippen molar-refractivity contribution in [2.75, 3.05) is 0 Å². The first kappa shape index (κ1) is 14.5. The van der Waals surface area contributed by atoms with Crippen molar-refractivity contribution in [3.05, 3.63) is 83.3 Å². The third-order valence-corrected chi connectivity index (χ3v) is 4.24. The van der Waals surface area contributed by atoms with Crippen molar-refractivity contribution in [2.24, 2.45) is 0 Å². The van der Waals surface area contributed by atoms with E-state index in [1.165, 1.54) is 6.20 Å². The molecule has 0 saturated heterocycles. The van der Waals surface area contributed by atoms with E-state index < -0.39 is 0 Å². The van der Waals surface area contributed by atoms with E-state index in [1.54, 1.807) is 0 Å². The van der Waals surface area contributed by atoms with E-state index in [0.29, 0.717) is 27.6 Å². The zero-order valence-electron chi connectivity index (χ0n) is 12.5. The molecule has 0 aliphatic carbocycles. The largest absolute Gasteiger partial charge is 0.437 e. The van der Waals surface area contributed by atoms with Gasteiger partial charge in [-0.3, -0.25) is 0 Å². The van der Waals surface area contributed by atoms with Crippen LogP contribution in [0, 0.1) is 6.57 Å². The van der Waals surface area contributed by atoms with Crippen molar-refractivity contribution in [2.45, 2.75) is 0 Å². The molecule has 0 fully saturated rings. The molecule has 114 valence electrons. The summed E-state index contributed by atoms with van der Waals surface area (Å²) in [5.74, 6) is 0.702. The van der Waals surface area contributed by atoms with Gasteiger partial charge in [0.25, 0.3) is 0 Å². The summed E-state index contributed by atoms with van der Waals surface area (Å²) in [5, 5.41) is 1.05. The summed E-state index contributed by atoms with van der Waals surface area (Å²) in [4.78, 5) is 7.73. The Balaban J connectivity index is 2.14. The van der Waals surface area contributed by atoms with Gasteiger partial charge in [0.15, 0.2) is 0 Å². The lowest BCUT2D eigenvalue weighted by atomic mass is 9.99. The van der Waals surface area contributed by atoms with Gasteiger partial charge in [-0.05, 0) is 5.56 Å². The molecule has 4 aromatic rings. The number of furan rings is 1. The van der Waals surface area contributed by atoms with Crippen molar-refractivity contribution >= 4 is 28.4 Å². The van der Waals surface area contributed by atoms with Crippen molar-refractivity contribution in [3.8, 4) is 22.5 Å². The number of hydrogen-bond acceptors (Lipinski definition) is 2. The average molecular weight is 331 g/mol. The van der Waals surface area contributed by atoms with Gasteiger partial charge < -0.3 is 4.42 Å². The molecule has 4 rings (SSSR count). The van der Waals surface area contributed by atoms with E-state index in [-0.39, 0.29) is 0 Å². The molecule has 2 aromatic carbocycles. The highest BCUT2D eigenvalue weighted by Crippen LogP contribution is 2.45. The smallest absolute Gasteiger partial charge is 0.226 e. The quantitative estimate of drug-likeness (QED) is 0.400. The third-order valence-electron chi connectivity index (χ3n) is 3.86. The number of benzene rings is 2. The van der Waals surface area contributed by atoms with Crippen LogP contribution in [0.25, 0.3) is 38.4 Å². The molecule has 0 N–H and O–H groups in total. The second kappa shape index (κ2) is 5.84. The lowest BCUT2D eigenvalue weighted by Crippen LogP contribution is -1.82. The number of fused-ring (bicyclic) bond motifs is 1. The maximum Gasteiger partial charge on any atom is 0.226 e. The summed E-state index contributed by atoms with van der Waals surface area (Å²) in [6.45, 7) is 7.28. The minimum absolute atomic E-state index is 0.321. The Bertz CT molecular complexity index is 1060. The normalized spacial score (nSPS) is 10.7. The topological polar surface area (TPSA) is 30.4 Å². The predicted octanol–water partition coefficient (Wildman–Crippen LogP) is 6.37. The number of halogens is 1. The van der Waals surface area contributed by atoms with Crippen LogP contribution in [0.3, 0.4) is 0 Å². The Morgan fingerprint density at radius 1 is 0.917 bits per heavy atom. The first-order chi connectivity index (χ1) is 11.8. The molecule has 24 heavy (non-hydrogen) atoms. The van der Waals surface area contributed by atoms with Gasteiger partial charge in [-0.15, -0.1) is 0 Å². The molecule has 2 aromatic heterocycles. The summed E-state index contributed by atoms with van der Waals surface area (Å²) in [5.41, 5.74) is 3.53. The van der Waals surface area contributed by atoms with Gasteiger partial charge in [-0.2, -0.15) is 0 Å². The van der Waals surface area contributed by atoms with Crippen molar-refractivity contribution in [1.82, 2.24) is 4.98 Å². The van der Waals surface area contributed by atoms with Crippen LogP contribution in [0.15, 0.2) is 71.3 Å². The zero-order valence-corrected chi connectivity index (χ0v) is 13.3. The summed E-state index contributed by atoms with van der Waals surface area (Å²) >= 11 is 6.48. The molecule has 2 heterocycles. The molecule has 0 amide bonds. The fourth-order valence-electron chi connectivity index (χ4n) is 2.77. The minimum atomic E-state index is 0.321. The van der Waals surface area contributed by atoms with Gasteiger partial charge in [0.2, 0.25) is 11.4 Å². The third kappa shape index (κ3) is 2.25. The highest BCUT2D eigenvalue weighted by Gasteiger charge is 2.22. The summed E-state index contributed by atoms with van der Waals surface area (Å²) in [7, 11) is 0. The van der Waals surface area contributed by atoms with Crippen LogP contribution in [0.4, 0.5) is 5.69 Å². The predicted molar refractivity (Wildman–Crippen MR) is 96.2 cm³/mol. The Kier molecular flexibility index (Phi) is 3.53. The molecule has 0 atom stereocenters. The highest BCUT2D eigenvalue weighted by atomic mass is 35.5. The van der Waals surface area contributed by atoms with Crippen LogP contribution in [0.5, 0.6) is 0 Å². The van der Waals surface area contributed by atoms with Crippen LogP contribution in [0.1, 0.15) is 0 Å². The molecule has 0 aliphatic rings. The minimum Gasteiger partial charge on any atom is -0.437 e. The van der Waals surface area contributed by atoms with E-state index >= 15 is 0 Å². The van der Waals surface area contributed by atoms with Crippen LogP contribution >= 0.6 is 11.6 Å². The summed E-state index contributed by atoms with van der Waals surface area (Å²) in [6.07, 6.45) is 1.45. The first-order valence-corrected chi connectivity index (χ1v) is 7.76.